The van der Waals surface area contributed by atoms with Gasteiger partial charge < -0.3 is 10.2 Å². The number of carbonyl (C=O) groups excluding carboxylic acids is 1. The molecule has 0 saturated carbocycles. The molecule has 0 radical (unpaired) electrons. The normalized spacial score (nSPS) is 14.7. The molecule has 5 heteroatoms. The first-order valence-electron chi connectivity index (χ1n) is 8.35. The van der Waals surface area contributed by atoms with Crippen LogP contribution in [0.1, 0.15) is 31.2 Å². The van der Waals surface area contributed by atoms with E-state index in [0.717, 1.165) is 30.0 Å². The molecule has 122 valence electrons. The van der Waals surface area contributed by atoms with Gasteiger partial charge in [0, 0.05) is 32.3 Å². The molecular weight excluding hydrogens is 288 g/mol. The number of hydrogen-bond donors (Lipinski definition) is 1. The van der Waals surface area contributed by atoms with Crippen molar-refractivity contribution in [2.24, 2.45) is 0 Å². The summed E-state index contributed by atoms with van der Waals surface area (Å²) >= 11 is 0. The molecule has 5 nitrogen and oxygen atoms in total. The molecule has 1 aromatic carbocycles. The van der Waals surface area contributed by atoms with E-state index in [1.54, 1.807) is 0 Å². The molecule has 2 aromatic rings. The Morgan fingerprint density at radius 3 is 2.74 bits per heavy atom. The number of rotatable bonds is 5. The zero-order chi connectivity index (χ0) is 16.1. The summed E-state index contributed by atoms with van der Waals surface area (Å²) in [5.41, 5.74) is 3.16. The third-order valence-corrected chi connectivity index (χ3v) is 4.21. The van der Waals surface area contributed by atoms with Crippen molar-refractivity contribution in [2.45, 2.75) is 39.2 Å². The molecule has 1 aromatic heterocycles. The summed E-state index contributed by atoms with van der Waals surface area (Å²) in [5, 5.41) is 7.28. The predicted molar refractivity (Wildman–Crippen MR) is 92.7 cm³/mol. The number of piperidine rings is 1. The van der Waals surface area contributed by atoms with Crippen LogP contribution in [0.5, 0.6) is 0 Å². The molecule has 1 N–H and O–H groups in total. The van der Waals surface area contributed by atoms with Gasteiger partial charge in [-0.3, -0.25) is 9.48 Å². The summed E-state index contributed by atoms with van der Waals surface area (Å²) in [6, 6.07) is 8.09. The lowest BCUT2D eigenvalue weighted by molar-refractivity contribution is -0.116. The van der Waals surface area contributed by atoms with Crippen molar-refractivity contribution in [1.82, 2.24) is 9.78 Å². The maximum Gasteiger partial charge on any atom is 0.226 e. The summed E-state index contributed by atoms with van der Waals surface area (Å²) in [6.07, 6.45) is 7.93. The smallest absolute Gasteiger partial charge is 0.226 e. The Kier molecular flexibility index (Phi) is 4.95. The third kappa shape index (κ3) is 4.12. The first-order chi connectivity index (χ1) is 11.2. The average molecular weight is 312 g/mol. The summed E-state index contributed by atoms with van der Waals surface area (Å²) in [6.45, 7) is 4.74. The SMILES string of the molecule is Cc1cnn(CCC(=O)Nc2ccccc2N2CCCCC2)c1. The molecule has 3 rings (SSSR count). The highest BCUT2D eigenvalue weighted by atomic mass is 16.1. The Hall–Kier alpha value is -2.30. The number of nitrogens with zero attached hydrogens (tertiary/aromatic N) is 3. The van der Waals surface area contributed by atoms with Crippen molar-refractivity contribution in [3.8, 4) is 0 Å². The first-order valence-corrected chi connectivity index (χ1v) is 8.35. The number of para-hydroxylation sites is 2. The molecule has 1 saturated heterocycles. The van der Waals surface area contributed by atoms with Crippen LogP contribution in [-0.4, -0.2) is 28.8 Å². The van der Waals surface area contributed by atoms with Gasteiger partial charge in [0.1, 0.15) is 0 Å². The lowest BCUT2D eigenvalue weighted by atomic mass is 10.1. The van der Waals surface area contributed by atoms with E-state index in [9.17, 15) is 4.79 Å². The van der Waals surface area contributed by atoms with Gasteiger partial charge in [-0.1, -0.05) is 12.1 Å². The van der Waals surface area contributed by atoms with Gasteiger partial charge >= 0.3 is 0 Å². The number of aromatic nitrogens is 2. The molecule has 1 fully saturated rings. The van der Waals surface area contributed by atoms with Crippen LogP contribution >= 0.6 is 0 Å². The lowest BCUT2D eigenvalue weighted by Gasteiger charge is -2.30. The Balaban J connectivity index is 1.61. The van der Waals surface area contributed by atoms with E-state index in [2.05, 4.69) is 21.4 Å². The maximum atomic E-state index is 12.3. The number of carbonyl (C=O) groups is 1. The quantitative estimate of drug-likeness (QED) is 0.922. The second-order valence-corrected chi connectivity index (χ2v) is 6.14. The highest BCUT2D eigenvalue weighted by molar-refractivity contribution is 5.94. The van der Waals surface area contributed by atoms with E-state index in [4.69, 9.17) is 0 Å². The Labute approximate surface area is 137 Å². The molecule has 23 heavy (non-hydrogen) atoms. The van der Waals surface area contributed by atoms with Crippen molar-refractivity contribution in [1.29, 1.82) is 0 Å². The van der Waals surface area contributed by atoms with E-state index < -0.39 is 0 Å². The van der Waals surface area contributed by atoms with Crippen LogP contribution in [0.25, 0.3) is 0 Å². The van der Waals surface area contributed by atoms with Gasteiger partial charge in [0.25, 0.3) is 0 Å². The summed E-state index contributed by atoms with van der Waals surface area (Å²) in [4.78, 5) is 14.6. The Bertz CT molecular complexity index is 659. The van der Waals surface area contributed by atoms with Gasteiger partial charge in [-0.25, -0.2) is 0 Å². The summed E-state index contributed by atoms with van der Waals surface area (Å²) in [7, 11) is 0. The van der Waals surface area contributed by atoms with E-state index in [-0.39, 0.29) is 5.91 Å². The van der Waals surface area contributed by atoms with Crippen molar-refractivity contribution in [3.63, 3.8) is 0 Å². The molecule has 1 amide bonds. The third-order valence-electron chi connectivity index (χ3n) is 4.21. The second kappa shape index (κ2) is 7.31. The zero-order valence-electron chi connectivity index (χ0n) is 13.7. The second-order valence-electron chi connectivity index (χ2n) is 6.14. The number of anilines is 2. The van der Waals surface area contributed by atoms with Crippen LogP contribution in [0.15, 0.2) is 36.7 Å². The predicted octanol–water partition coefficient (Wildman–Crippen LogP) is 3.21. The fraction of sp³-hybridized carbons (Fsp3) is 0.444. The minimum Gasteiger partial charge on any atom is -0.370 e. The summed E-state index contributed by atoms with van der Waals surface area (Å²) in [5.74, 6) is 0.0302. The minimum atomic E-state index is 0.0302. The van der Waals surface area contributed by atoms with Crippen LogP contribution in [0.4, 0.5) is 11.4 Å². The maximum absolute atomic E-state index is 12.3. The van der Waals surface area contributed by atoms with Crippen LogP contribution in [-0.2, 0) is 11.3 Å². The molecule has 0 aliphatic carbocycles. The fourth-order valence-electron chi connectivity index (χ4n) is 3.01. The number of benzene rings is 1. The molecule has 2 heterocycles. The van der Waals surface area contributed by atoms with Crippen LogP contribution in [0, 0.1) is 6.92 Å². The van der Waals surface area contributed by atoms with E-state index >= 15 is 0 Å². The van der Waals surface area contributed by atoms with E-state index in [1.807, 2.05) is 42.2 Å². The zero-order valence-corrected chi connectivity index (χ0v) is 13.7. The van der Waals surface area contributed by atoms with Crippen molar-refractivity contribution < 1.29 is 4.79 Å². The highest BCUT2D eigenvalue weighted by Gasteiger charge is 2.15. The molecule has 0 unspecified atom stereocenters. The number of aryl methyl sites for hydroxylation is 2. The van der Waals surface area contributed by atoms with Gasteiger partial charge in [0.15, 0.2) is 0 Å². The van der Waals surface area contributed by atoms with Gasteiger partial charge in [-0.15, -0.1) is 0 Å². The molecule has 0 atom stereocenters. The van der Waals surface area contributed by atoms with E-state index in [0.29, 0.717) is 13.0 Å². The van der Waals surface area contributed by atoms with Crippen molar-refractivity contribution in [3.05, 3.63) is 42.2 Å². The van der Waals surface area contributed by atoms with Crippen LogP contribution in [0.2, 0.25) is 0 Å². The number of nitrogens with one attached hydrogen (secondary N) is 1. The minimum absolute atomic E-state index is 0.0302. The summed E-state index contributed by atoms with van der Waals surface area (Å²) < 4.78 is 1.81. The fourth-order valence-corrected chi connectivity index (χ4v) is 3.01. The molecule has 0 spiro atoms. The number of hydrogen-bond acceptors (Lipinski definition) is 3. The van der Waals surface area contributed by atoms with E-state index in [1.165, 1.54) is 19.3 Å². The largest absolute Gasteiger partial charge is 0.370 e. The standard InChI is InChI=1S/C18H24N4O/c1-15-13-19-22(14-15)12-9-18(23)20-16-7-3-4-8-17(16)21-10-5-2-6-11-21/h3-4,7-8,13-14H,2,5-6,9-12H2,1H3,(H,20,23). The monoisotopic (exact) mass is 312 g/mol. The number of amides is 1. The Morgan fingerprint density at radius 2 is 2.00 bits per heavy atom. The van der Waals surface area contributed by atoms with Gasteiger partial charge in [0.2, 0.25) is 5.91 Å². The van der Waals surface area contributed by atoms with Crippen LogP contribution < -0.4 is 10.2 Å². The molecular formula is C18H24N4O. The van der Waals surface area contributed by atoms with Crippen molar-refractivity contribution >= 4 is 17.3 Å². The first kappa shape index (κ1) is 15.6. The topological polar surface area (TPSA) is 50.2 Å². The molecule has 1 aliphatic rings. The molecule has 1 aliphatic heterocycles. The lowest BCUT2D eigenvalue weighted by Crippen LogP contribution is -2.30. The molecule has 0 bridgehead atoms. The van der Waals surface area contributed by atoms with Crippen molar-refractivity contribution in [2.75, 3.05) is 23.3 Å². The van der Waals surface area contributed by atoms with Gasteiger partial charge in [-0.05, 0) is 43.9 Å². The Morgan fingerprint density at radius 1 is 1.22 bits per heavy atom. The van der Waals surface area contributed by atoms with Gasteiger partial charge in [-0.2, -0.15) is 5.10 Å². The average Bonchev–Trinajstić information content (AvgIpc) is 3.00. The highest BCUT2D eigenvalue weighted by Crippen LogP contribution is 2.28. The van der Waals surface area contributed by atoms with Gasteiger partial charge in [0.05, 0.1) is 17.6 Å². The van der Waals surface area contributed by atoms with Crippen LogP contribution in [0.3, 0.4) is 0 Å².